The van der Waals surface area contributed by atoms with Crippen LogP contribution in [0.4, 0.5) is 0 Å². The quantitative estimate of drug-likeness (QED) is 0.771. The van der Waals surface area contributed by atoms with Crippen LogP contribution in [0.2, 0.25) is 0 Å². The van der Waals surface area contributed by atoms with Gasteiger partial charge in [-0.2, -0.15) is 0 Å². The second kappa shape index (κ2) is 7.25. The van der Waals surface area contributed by atoms with E-state index in [1.54, 1.807) is 31.2 Å². The van der Waals surface area contributed by atoms with Crippen LogP contribution in [0.25, 0.3) is 0 Å². The van der Waals surface area contributed by atoms with Gasteiger partial charge in [0, 0.05) is 0 Å². The fraction of sp³-hybridized carbons (Fsp3) is 0.385. The number of methoxy groups -OCH3 is 1. The van der Waals surface area contributed by atoms with Gasteiger partial charge in [0.05, 0.1) is 7.11 Å². The first-order chi connectivity index (χ1) is 9.08. The summed E-state index contributed by atoms with van der Waals surface area (Å²) in [5.41, 5.74) is 0. The van der Waals surface area contributed by atoms with E-state index >= 15 is 0 Å². The average Bonchev–Trinajstić information content (AvgIpc) is 2.42. The van der Waals surface area contributed by atoms with Gasteiger partial charge in [-0.1, -0.05) is 19.1 Å². The zero-order chi connectivity index (χ0) is 14.3. The maximum atomic E-state index is 11.5. The molecular weight excluding hydrogens is 250 g/mol. The Bertz CT molecular complexity index is 446. The van der Waals surface area contributed by atoms with Crippen molar-refractivity contribution in [1.82, 2.24) is 5.32 Å². The van der Waals surface area contributed by atoms with E-state index in [9.17, 15) is 9.59 Å². The molecule has 0 fully saturated rings. The molecule has 0 radical (unpaired) electrons. The summed E-state index contributed by atoms with van der Waals surface area (Å²) in [6.07, 6.45) is 0.315. The van der Waals surface area contributed by atoms with Gasteiger partial charge in [-0.3, -0.25) is 4.79 Å². The summed E-state index contributed by atoms with van der Waals surface area (Å²) in [6.45, 7) is 1.42. The van der Waals surface area contributed by atoms with Crippen LogP contribution in [0.5, 0.6) is 11.5 Å². The maximum absolute atomic E-state index is 11.5. The Morgan fingerprint density at radius 3 is 2.47 bits per heavy atom. The molecule has 1 aromatic carbocycles. The lowest BCUT2D eigenvalue weighted by Gasteiger charge is -2.13. The van der Waals surface area contributed by atoms with Gasteiger partial charge < -0.3 is 19.9 Å². The summed E-state index contributed by atoms with van der Waals surface area (Å²) in [7, 11) is 1.50. The minimum absolute atomic E-state index is 0.260. The molecule has 0 saturated heterocycles. The molecule has 1 rings (SSSR count). The molecule has 6 heteroatoms. The lowest BCUT2D eigenvalue weighted by atomic mass is 10.2. The van der Waals surface area contributed by atoms with Crippen LogP contribution < -0.4 is 14.8 Å². The summed E-state index contributed by atoms with van der Waals surface area (Å²) in [6, 6.07) is 6.01. The molecule has 6 nitrogen and oxygen atoms in total. The zero-order valence-corrected chi connectivity index (χ0v) is 10.9. The number of amides is 1. The summed E-state index contributed by atoms with van der Waals surface area (Å²) in [5.74, 6) is -0.600. The van der Waals surface area contributed by atoms with Gasteiger partial charge in [0.1, 0.15) is 6.04 Å². The summed E-state index contributed by atoms with van der Waals surface area (Å²) < 4.78 is 10.4. The highest BCUT2D eigenvalue weighted by Gasteiger charge is 2.17. The van der Waals surface area contributed by atoms with Crippen molar-refractivity contribution in [3.8, 4) is 11.5 Å². The summed E-state index contributed by atoms with van der Waals surface area (Å²) in [5, 5.41) is 11.2. The monoisotopic (exact) mass is 267 g/mol. The molecule has 0 saturated carbocycles. The van der Waals surface area contributed by atoms with Crippen molar-refractivity contribution in [3.63, 3.8) is 0 Å². The SMILES string of the molecule is CC[C@@H](NC(=O)COc1ccccc1OC)C(=O)O. The number of nitrogens with one attached hydrogen (secondary N) is 1. The third-order valence-electron chi connectivity index (χ3n) is 2.47. The van der Waals surface area contributed by atoms with E-state index in [-0.39, 0.29) is 6.61 Å². The molecule has 0 heterocycles. The normalized spacial score (nSPS) is 11.5. The van der Waals surface area contributed by atoms with Gasteiger partial charge in [0.15, 0.2) is 18.1 Å². The molecule has 0 spiro atoms. The van der Waals surface area contributed by atoms with E-state index in [2.05, 4.69) is 5.32 Å². The molecule has 0 aliphatic heterocycles. The van der Waals surface area contributed by atoms with Crippen molar-refractivity contribution < 1.29 is 24.2 Å². The summed E-state index contributed by atoms with van der Waals surface area (Å²) >= 11 is 0. The smallest absolute Gasteiger partial charge is 0.326 e. The third kappa shape index (κ3) is 4.50. The number of carboxylic acid groups (broad SMARTS) is 1. The van der Waals surface area contributed by atoms with Gasteiger partial charge in [-0.25, -0.2) is 4.79 Å². The summed E-state index contributed by atoms with van der Waals surface area (Å²) in [4.78, 5) is 22.3. The number of hydrogen-bond donors (Lipinski definition) is 2. The highest BCUT2D eigenvalue weighted by molar-refractivity contribution is 5.84. The molecule has 1 amide bonds. The van der Waals surface area contributed by atoms with Crippen molar-refractivity contribution in [3.05, 3.63) is 24.3 Å². The molecule has 1 aromatic rings. The van der Waals surface area contributed by atoms with Gasteiger partial charge in [-0.05, 0) is 18.6 Å². The number of carboxylic acids is 1. The van der Waals surface area contributed by atoms with E-state index in [0.717, 1.165) is 0 Å². The predicted octanol–water partition coefficient (Wildman–Crippen LogP) is 1.05. The lowest BCUT2D eigenvalue weighted by Crippen LogP contribution is -2.42. The number of benzene rings is 1. The van der Waals surface area contributed by atoms with Crippen molar-refractivity contribution in [1.29, 1.82) is 0 Å². The van der Waals surface area contributed by atoms with E-state index in [4.69, 9.17) is 14.6 Å². The minimum Gasteiger partial charge on any atom is -0.493 e. The second-order valence-electron chi connectivity index (χ2n) is 3.81. The third-order valence-corrected chi connectivity index (χ3v) is 2.47. The van der Waals surface area contributed by atoms with Crippen molar-refractivity contribution in [2.45, 2.75) is 19.4 Å². The van der Waals surface area contributed by atoms with Crippen LogP contribution >= 0.6 is 0 Å². The Morgan fingerprint density at radius 2 is 1.95 bits per heavy atom. The number of ether oxygens (including phenoxy) is 2. The largest absolute Gasteiger partial charge is 0.493 e. The Balaban J connectivity index is 2.52. The van der Waals surface area contributed by atoms with Crippen molar-refractivity contribution >= 4 is 11.9 Å². The van der Waals surface area contributed by atoms with Crippen molar-refractivity contribution in [2.24, 2.45) is 0 Å². The van der Waals surface area contributed by atoms with Gasteiger partial charge in [-0.15, -0.1) is 0 Å². The number of carbonyl (C=O) groups is 2. The highest BCUT2D eigenvalue weighted by Crippen LogP contribution is 2.25. The van der Waals surface area contributed by atoms with Crippen LogP contribution in [0.15, 0.2) is 24.3 Å². The van der Waals surface area contributed by atoms with Gasteiger partial charge in [0.25, 0.3) is 5.91 Å². The number of rotatable bonds is 7. The molecule has 0 bridgehead atoms. The fourth-order valence-electron chi connectivity index (χ4n) is 1.46. The first-order valence-corrected chi connectivity index (χ1v) is 5.86. The maximum Gasteiger partial charge on any atom is 0.326 e. The van der Waals surface area contributed by atoms with Crippen LogP contribution in [-0.4, -0.2) is 36.7 Å². The van der Waals surface area contributed by atoms with E-state index in [1.807, 2.05) is 0 Å². The number of carbonyl (C=O) groups excluding carboxylic acids is 1. The first-order valence-electron chi connectivity index (χ1n) is 5.86. The molecule has 0 aromatic heterocycles. The van der Waals surface area contributed by atoms with Gasteiger partial charge in [0.2, 0.25) is 0 Å². The predicted molar refractivity (Wildman–Crippen MR) is 68.3 cm³/mol. The fourth-order valence-corrected chi connectivity index (χ4v) is 1.46. The zero-order valence-electron chi connectivity index (χ0n) is 10.9. The lowest BCUT2D eigenvalue weighted by molar-refractivity contribution is -0.142. The highest BCUT2D eigenvalue weighted by atomic mass is 16.5. The molecule has 104 valence electrons. The molecule has 0 aliphatic carbocycles. The van der Waals surface area contributed by atoms with Crippen LogP contribution in [-0.2, 0) is 9.59 Å². The Hall–Kier alpha value is -2.24. The average molecular weight is 267 g/mol. The standard InChI is InChI=1S/C13H17NO5/c1-3-9(13(16)17)14-12(15)8-19-11-7-5-4-6-10(11)18-2/h4-7,9H,3,8H2,1-2H3,(H,14,15)(H,16,17)/t9-/m1/s1. The second-order valence-corrected chi connectivity index (χ2v) is 3.81. The van der Waals surface area contributed by atoms with E-state index < -0.39 is 17.9 Å². The molecule has 2 N–H and O–H groups in total. The molecule has 0 unspecified atom stereocenters. The topological polar surface area (TPSA) is 84.9 Å². The molecular formula is C13H17NO5. The number of para-hydroxylation sites is 2. The van der Waals surface area contributed by atoms with Crippen LogP contribution in [0.1, 0.15) is 13.3 Å². The number of aliphatic carboxylic acids is 1. The Morgan fingerprint density at radius 1 is 1.32 bits per heavy atom. The Labute approximate surface area is 111 Å². The first kappa shape index (κ1) is 14.8. The number of hydrogen-bond acceptors (Lipinski definition) is 4. The van der Waals surface area contributed by atoms with E-state index in [1.165, 1.54) is 7.11 Å². The molecule has 19 heavy (non-hydrogen) atoms. The van der Waals surface area contributed by atoms with Crippen LogP contribution in [0.3, 0.4) is 0 Å². The van der Waals surface area contributed by atoms with E-state index in [0.29, 0.717) is 17.9 Å². The van der Waals surface area contributed by atoms with Crippen LogP contribution in [0, 0.1) is 0 Å². The van der Waals surface area contributed by atoms with Crippen molar-refractivity contribution in [2.75, 3.05) is 13.7 Å². The minimum atomic E-state index is -1.06. The molecule has 1 atom stereocenters. The Kier molecular flexibility index (Phi) is 5.66. The molecule has 0 aliphatic rings. The van der Waals surface area contributed by atoms with Gasteiger partial charge >= 0.3 is 5.97 Å².